The van der Waals surface area contributed by atoms with E-state index in [0.29, 0.717) is 18.4 Å². The summed E-state index contributed by atoms with van der Waals surface area (Å²) in [6.07, 6.45) is 2.51. The van der Waals surface area contributed by atoms with Crippen molar-refractivity contribution in [1.29, 1.82) is 0 Å². The third kappa shape index (κ3) is 2.46. The lowest BCUT2D eigenvalue weighted by atomic mass is 9.54. The number of rotatable bonds is 2. The van der Waals surface area contributed by atoms with E-state index >= 15 is 0 Å². The minimum Gasteiger partial charge on any atom is -0.458 e. The number of ether oxygens (including phenoxy) is 2. The van der Waals surface area contributed by atoms with Crippen LogP contribution in [0.3, 0.4) is 0 Å². The number of carbonyl (C=O) groups excluding carboxylic acids is 3. The molecule has 0 aromatic rings. The van der Waals surface area contributed by atoms with Crippen LogP contribution in [0.4, 0.5) is 0 Å². The molecule has 1 saturated heterocycles. The van der Waals surface area contributed by atoms with Gasteiger partial charge in [-0.2, -0.15) is 0 Å². The average molecular weight is 362 g/mol. The van der Waals surface area contributed by atoms with Gasteiger partial charge in [-0.05, 0) is 46.6 Å². The van der Waals surface area contributed by atoms with Crippen molar-refractivity contribution in [3.8, 4) is 0 Å². The van der Waals surface area contributed by atoms with Crippen molar-refractivity contribution in [2.45, 2.75) is 65.3 Å². The lowest BCUT2D eigenvalue weighted by Crippen LogP contribution is -2.57. The standard InChI is InChI=1S/C20H26O6/c1-6-10(2)17(23)26-20(5)12-7-8-19(4)14(15(12)25-18(20)24)11(3)9-13(21)16(19)22/h6,9,12,14-16,22H,7-8H2,1-5H3/b10-6-/t12-,14+,15-,16-,19+,20+/m1/s1. The Labute approximate surface area is 153 Å². The van der Waals surface area contributed by atoms with E-state index in [-0.39, 0.29) is 17.6 Å². The number of hydrogen-bond acceptors (Lipinski definition) is 6. The SMILES string of the molecule is C/C=C(/C)C(=O)O[C@]1(C)C(=O)O[C@@H]2[C@H]1CC[C@]1(C)[C@H](O)C(=O)C=C(C)[C@@H]21. The fourth-order valence-corrected chi connectivity index (χ4v) is 4.84. The Kier molecular flexibility index (Phi) is 4.38. The van der Waals surface area contributed by atoms with Crippen molar-refractivity contribution in [2.24, 2.45) is 17.3 Å². The molecule has 2 fully saturated rings. The minimum absolute atomic E-state index is 0.277. The highest BCUT2D eigenvalue weighted by Gasteiger charge is 2.66. The Morgan fingerprint density at radius 3 is 2.65 bits per heavy atom. The molecule has 3 rings (SSSR count). The molecule has 6 heteroatoms. The van der Waals surface area contributed by atoms with Crippen molar-refractivity contribution in [2.75, 3.05) is 0 Å². The molecular formula is C20H26O6. The number of carbonyl (C=O) groups is 3. The van der Waals surface area contributed by atoms with Gasteiger partial charge < -0.3 is 14.6 Å². The van der Waals surface area contributed by atoms with E-state index in [0.717, 1.165) is 5.57 Å². The zero-order valence-electron chi connectivity index (χ0n) is 15.9. The summed E-state index contributed by atoms with van der Waals surface area (Å²) in [6, 6.07) is 0. The van der Waals surface area contributed by atoms with Crippen LogP contribution in [0.25, 0.3) is 0 Å². The Balaban J connectivity index is 1.97. The minimum atomic E-state index is -1.36. The molecule has 0 unspecified atom stereocenters. The number of allylic oxidation sites excluding steroid dienone is 1. The molecule has 6 nitrogen and oxygen atoms in total. The first kappa shape index (κ1) is 18.8. The molecule has 3 aliphatic rings. The van der Waals surface area contributed by atoms with Crippen LogP contribution in [-0.4, -0.2) is 40.6 Å². The molecule has 0 radical (unpaired) electrons. The third-order valence-corrected chi connectivity index (χ3v) is 6.60. The molecule has 0 bridgehead atoms. The first-order valence-corrected chi connectivity index (χ1v) is 9.03. The lowest BCUT2D eigenvalue weighted by Gasteiger charge is -2.51. The number of aliphatic hydroxyl groups is 1. The molecule has 1 aliphatic heterocycles. The summed E-state index contributed by atoms with van der Waals surface area (Å²) in [5, 5.41) is 10.5. The molecule has 1 saturated carbocycles. The molecular weight excluding hydrogens is 336 g/mol. The number of hydrogen-bond donors (Lipinski definition) is 1. The van der Waals surface area contributed by atoms with Crippen LogP contribution in [-0.2, 0) is 23.9 Å². The molecule has 6 atom stereocenters. The first-order valence-electron chi connectivity index (χ1n) is 9.03. The maximum absolute atomic E-state index is 12.7. The Hall–Kier alpha value is -1.95. The molecule has 2 aliphatic carbocycles. The predicted octanol–water partition coefficient (Wildman–Crippen LogP) is 2.10. The predicted molar refractivity (Wildman–Crippen MR) is 92.9 cm³/mol. The van der Waals surface area contributed by atoms with E-state index in [9.17, 15) is 19.5 Å². The van der Waals surface area contributed by atoms with Crippen LogP contribution in [0.1, 0.15) is 47.5 Å². The summed E-state index contributed by atoms with van der Waals surface area (Å²) >= 11 is 0. The summed E-state index contributed by atoms with van der Waals surface area (Å²) in [4.78, 5) is 37.0. The highest BCUT2D eigenvalue weighted by atomic mass is 16.6. The van der Waals surface area contributed by atoms with E-state index in [1.165, 1.54) is 6.08 Å². The molecule has 0 spiro atoms. The normalized spacial score (nSPS) is 42.5. The summed E-state index contributed by atoms with van der Waals surface area (Å²) in [5.74, 6) is -1.99. The van der Waals surface area contributed by atoms with E-state index in [1.807, 2.05) is 13.8 Å². The van der Waals surface area contributed by atoms with Crippen LogP contribution < -0.4 is 0 Å². The quantitative estimate of drug-likeness (QED) is 0.598. The first-order chi connectivity index (χ1) is 12.1. The summed E-state index contributed by atoms with van der Waals surface area (Å²) in [6.45, 7) is 8.67. The second kappa shape index (κ2) is 6.05. The van der Waals surface area contributed by atoms with Gasteiger partial charge in [0.1, 0.15) is 12.2 Å². The van der Waals surface area contributed by atoms with Crippen molar-refractivity contribution in [3.63, 3.8) is 0 Å². The van der Waals surface area contributed by atoms with Crippen LogP contribution >= 0.6 is 0 Å². The van der Waals surface area contributed by atoms with Gasteiger partial charge in [-0.3, -0.25) is 4.79 Å². The highest BCUT2D eigenvalue weighted by Crippen LogP contribution is 2.57. The van der Waals surface area contributed by atoms with Crippen molar-refractivity contribution < 1.29 is 29.0 Å². The van der Waals surface area contributed by atoms with Crippen molar-refractivity contribution >= 4 is 17.7 Å². The van der Waals surface area contributed by atoms with E-state index < -0.39 is 35.2 Å². The van der Waals surface area contributed by atoms with Gasteiger partial charge in [0.05, 0.1) is 0 Å². The third-order valence-electron chi connectivity index (χ3n) is 6.60. The van der Waals surface area contributed by atoms with Gasteiger partial charge in [-0.25, -0.2) is 9.59 Å². The van der Waals surface area contributed by atoms with Gasteiger partial charge in [-0.1, -0.05) is 18.6 Å². The maximum Gasteiger partial charge on any atom is 0.351 e. The summed E-state index contributed by atoms with van der Waals surface area (Å²) < 4.78 is 11.3. The monoisotopic (exact) mass is 362 g/mol. The second-order valence-electron chi connectivity index (χ2n) is 8.16. The van der Waals surface area contributed by atoms with E-state index in [1.54, 1.807) is 26.8 Å². The maximum atomic E-state index is 12.7. The fourth-order valence-electron chi connectivity index (χ4n) is 4.84. The van der Waals surface area contributed by atoms with Crippen LogP contribution in [0.2, 0.25) is 0 Å². The zero-order chi connectivity index (χ0) is 19.4. The smallest absolute Gasteiger partial charge is 0.351 e. The van der Waals surface area contributed by atoms with Crippen LogP contribution in [0.5, 0.6) is 0 Å². The molecule has 1 N–H and O–H groups in total. The molecule has 0 aromatic carbocycles. The second-order valence-corrected chi connectivity index (χ2v) is 8.16. The van der Waals surface area contributed by atoms with Gasteiger partial charge in [0.25, 0.3) is 0 Å². The van der Waals surface area contributed by atoms with E-state index in [2.05, 4.69) is 0 Å². The average Bonchev–Trinajstić information content (AvgIpc) is 2.82. The molecule has 1 heterocycles. The van der Waals surface area contributed by atoms with Gasteiger partial charge >= 0.3 is 11.9 Å². The molecule has 0 amide bonds. The number of esters is 2. The summed E-state index contributed by atoms with van der Waals surface area (Å²) in [7, 11) is 0. The van der Waals surface area contributed by atoms with Gasteiger partial charge in [0, 0.05) is 22.8 Å². The number of fused-ring (bicyclic) bond motifs is 3. The largest absolute Gasteiger partial charge is 0.458 e. The molecule has 142 valence electrons. The number of aliphatic hydroxyl groups excluding tert-OH is 1. The fraction of sp³-hybridized carbons (Fsp3) is 0.650. The van der Waals surface area contributed by atoms with Gasteiger partial charge in [0.15, 0.2) is 5.78 Å². The molecule has 26 heavy (non-hydrogen) atoms. The van der Waals surface area contributed by atoms with Crippen molar-refractivity contribution in [1.82, 2.24) is 0 Å². The van der Waals surface area contributed by atoms with E-state index in [4.69, 9.17) is 9.47 Å². The zero-order valence-corrected chi connectivity index (χ0v) is 15.9. The Morgan fingerprint density at radius 2 is 2.04 bits per heavy atom. The van der Waals surface area contributed by atoms with Gasteiger partial charge in [-0.15, -0.1) is 0 Å². The highest BCUT2D eigenvalue weighted by molar-refractivity contribution is 5.96. The Bertz CT molecular complexity index is 735. The van der Waals surface area contributed by atoms with Gasteiger partial charge in [0.2, 0.25) is 5.60 Å². The lowest BCUT2D eigenvalue weighted by molar-refractivity contribution is -0.170. The van der Waals surface area contributed by atoms with Crippen molar-refractivity contribution in [3.05, 3.63) is 23.3 Å². The number of ketones is 1. The summed E-state index contributed by atoms with van der Waals surface area (Å²) in [5.41, 5.74) is -0.824. The van der Waals surface area contributed by atoms with Crippen LogP contribution in [0, 0.1) is 17.3 Å². The van der Waals surface area contributed by atoms with Crippen LogP contribution in [0.15, 0.2) is 23.3 Å². The Morgan fingerprint density at radius 1 is 1.38 bits per heavy atom. The molecule has 0 aromatic heterocycles. The topological polar surface area (TPSA) is 89.9 Å².